The predicted molar refractivity (Wildman–Crippen MR) is 104 cm³/mol. The average Bonchev–Trinajstić information content (AvgIpc) is 2.59. The number of benzene rings is 1. The van der Waals surface area contributed by atoms with Gasteiger partial charge in [-0.15, -0.1) is 0 Å². The van der Waals surface area contributed by atoms with Crippen LogP contribution in [0.1, 0.15) is 44.0 Å². The van der Waals surface area contributed by atoms with Gasteiger partial charge in [0, 0.05) is 13.1 Å². The van der Waals surface area contributed by atoms with E-state index >= 15 is 0 Å². The zero-order chi connectivity index (χ0) is 21.0. The molecule has 0 aliphatic heterocycles. The molecule has 1 aromatic heterocycles. The van der Waals surface area contributed by atoms with Crippen molar-refractivity contribution in [2.75, 3.05) is 17.2 Å². The van der Waals surface area contributed by atoms with Crippen molar-refractivity contribution in [1.29, 1.82) is 0 Å². The first-order chi connectivity index (χ1) is 13.2. The first-order valence-corrected chi connectivity index (χ1v) is 9.07. The van der Waals surface area contributed by atoms with Crippen LogP contribution in [0.4, 0.5) is 20.3 Å². The summed E-state index contributed by atoms with van der Waals surface area (Å²) in [5.41, 5.74) is 3.39. The van der Waals surface area contributed by atoms with Crippen LogP contribution >= 0.6 is 0 Å². The van der Waals surface area contributed by atoms with Gasteiger partial charge in [0.05, 0.1) is 0 Å². The zero-order valence-electron chi connectivity index (χ0n) is 16.1. The van der Waals surface area contributed by atoms with E-state index in [1.54, 1.807) is 13.8 Å². The van der Waals surface area contributed by atoms with Crippen LogP contribution in [0.3, 0.4) is 0 Å². The minimum atomic E-state index is -1.05. The molecule has 152 valence electrons. The molecule has 0 saturated carbocycles. The molecule has 0 fully saturated rings. The van der Waals surface area contributed by atoms with Crippen molar-refractivity contribution in [3.05, 3.63) is 56.2 Å². The fraction of sp³-hybridized carbons (Fsp3) is 0.421. The van der Waals surface area contributed by atoms with E-state index in [9.17, 15) is 23.2 Å². The highest BCUT2D eigenvalue weighted by Gasteiger charge is 2.29. The number of hydrogen-bond donors (Lipinski definition) is 2. The Balaban J connectivity index is 2.69. The van der Waals surface area contributed by atoms with E-state index in [-0.39, 0.29) is 30.5 Å². The number of unbranched alkanes of at least 4 members (excludes halogenated alkanes) is 1. The number of hydrogen-bond acceptors (Lipinski definition) is 4. The van der Waals surface area contributed by atoms with Crippen LogP contribution < -0.4 is 21.9 Å². The van der Waals surface area contributed by atoms with Crippen LogP contribution in [0.5, 0.6) is 0 Å². The third kappa shape index (κ3) is 4.29. The smallest absolute Gasteiger partial charge is 0.330 e. The van der Waals surface area contributed by atoms with Crippen LogP contribution in [0.2, 0.25) is 0 Å². The number of halogens is 2. The number of carbonyl (C=O) groups is 1. The second-order valence-electron chi connectivity index (χ2n) is 6.90. The Hall–Kier alpha value is -2.97. The summed E-state index contributed by atoms with van der Waals surface area (Å²) in [6.07, 6.45) is 1.39. The van der Waals surface area contributed by atoms with Gasteiger partial charge in [0.25, 0.3) is 11.5 Å². The number of aromatic nitrogens is 2. The molecule has 0 radical (unpaired) electrons. The quantitative estimate of drug-likeness (QED) is 0.753. The van der Waals surface area contributed by atoms with Crippen LogP contribution in [0, 0.1) is 17.6 Å². The van der Waals surface area contributed by atoms with Gasteiger partial charge in [0.2, 0.25) is 0 Å². The van der Waals surface area contributed by atoms with Crippen molar-refractivity contribution in [3.63, 3.8) is 0 Å². The van der Waals surface area contributed by atoms with Crippen molar-refractivity contribution in [3.8, 4) is 0 Å². The molecule has 0 saturated heterocycles. The van der Waals surface area contributed by atoms with Crippen molar-refractivity contribution in [2.45, 2.75) is 40.2 Å². The molecule has 0 bridgehead atoms. The van der Waals surface area contributed by atoms with Crippen LogP contribution in [0.15, 0.2) is 27.8 Å². The summed E-state index contributed by atoms with van der Waals surface area (Å²) in [4.78, 5) is 40.7. The summed E-state index contributed by atoms with van der Waals surface area (Å²) in [7, 11) is 0. The van der Waals surface area contributed by atoms with Crippen LogP contribution in [-0.4, -0.2) is 22.0 Å². The van der Waals surface area contributed by atoms with Gasteiger partial charge in [-0.3, -0.25) is 24.0 Å². The van der Waals surface area contributed by atoms with E-state index in [2.05, 4.69) is 4.98 Å². The Labute approximate surface area is 160 Å². The minimum absolute atomic E-state index is 0.0220. The predicted octanol–water partition coefficient (Wildman–Crippen LogP) is 2.50. The van der Waals surface area contributed by atoms with E-state index < -0.39 is 34.4 Å². The molecule has 7 nitrogen and oxygen atoms in total. The lowest BCUT2D eigenvalue weighted by molar-refractivity contribution is 0.0975. The van der Waals surface area contributed by atoms with E-state index in [1.807, 2.05) is 6.92 Å². The molecular formula is C19H24F2N4O3. The molecule has 0 aliphatic carbocycles. The molecule has 9 heteroatoms. The highest BCUT2D eigenvalue weighted by Crippen LogP contribution is 2.23. The molecule has 0 spiro atoms. The molecule has 0 unspecified atom stereocenters. The molecule has 0 aliphatic rings. The number of nitrogens with zero attached hydrogens (tertiary/aromatic N) is 2. The maximum Gasteiger partial charge on any atom is 0.330 e. The number of carbonyl (C=O) groups excluding carboxylic acids is 1. The van der Waals surface area contributed by atoms with Gasteiger partial charge in [-0.1, -0.05) is 33.3 Å². The van der Waals surface area contributed by atoms with E-state index in [0.29, 0.717) is 6.42 Å². The van der Waals surface area contributed by atoms with Crippen molar-refractivity contribution >= 4 is 17.4 Å². The van der Waals surface area contributed by atoms with Gasteiger partial charge < -0.3 is 5.73 Å². The second-order valence-corrected chi connectivity index (χ2v) is 6.90. The van der Waals surface area contributed by atoms with Gasteiger partial charge in [0.1, 0.15) is 23.0 Å². The Kier molecular flexibility index (Phi) is 6.71. The van der Waals surface area contributed by atoms with E-state index in [1.165, 1.54) is 0 Å². The molecule has 1 amide bonds. The zero-order valence-corrected chi connectivity index (χ0v) is 16.1. The Morgan fingerprint density at radius 2 is 1.86 bits per heavy atom. The van der Waals surface area contributed by atoms with Crippen molar-refractivity contribution in [2.24, 2.45) is 5.92 Å². The highest BCUT2D eigenvalue weighted by atomic mass is 19.1. The van der Waals surface area contributed by atoms with Gasteiger partial charge >= 0.3 is 5.69 Å². The number of nitrogens with two attached hydrogens (primary N) is 1. The van der Waals surface area contributed by atoms with Crippen LogP contribution in [-0.2, 0) is 6.54 Å². The van der Waals surface area contributed by atoms with Gasteiger partial charge in [0.15, 0.2) is 5.69 Å². The summed E-state index contributed by atoms with van der Waals surface area (Å²) >= 11 is 0. The number of rotatable bonds is 7. The number of H-pyrrole nitrogens is 1. The monoisotopic (exact) mass is 394 g/mol. The first kappa shape index (κ1) is 21.3. The maximum atomic E-state index is 14.2. The van der Waals surface area contributed by atoms with Gasteiger partial charge in [-0.05, 0) is 24.5 Å². The molecule has 0 atom stereocenters. The van der Waals surface area contributed by atoms with E-state index in [4.69, 9.17) is 5.73 Å². The second kappa shape index (κ2) is 8.81. The summed E-state index contributed by atoms with van der Waals surface area (Å²) in [6, 6.07) is 3.06. The maximum absolute atomic E-state index is 14.2. The normalized spacial score (nSPS) is 11.1. The highest BCUT2D eigenvalue weighted by molar-refractivity contribution is 6.07. The van der Waals surface area contributed by atoms with Gasteiger partial charge in [-0.25, -0.2) is 13.6 Å². The fourth-order valence-corrected chi connectivity index (χ4v) is 2.85. The lowest BCUT2D eigenvalue weighted by Gasteiger charge is -2.26. The molecule has 1 heterocycles. The number of nitrogens with one attached hydrogen (secondary N) is 1. The number of amides is 1. The summed E-state index contributed by atoms with van der Waals surface area (Å²) in [6.45, 7) is 5.68. The molecule has 1 aromatic carbocycles. The largest absolute Gasteiger partial charge is 0.383 e. The lowest BCUT2D eigenvalue weighted by Crippen LogP contribution is -2.43. The average molecular weight is 394 g/mol. The first-order valence-electron chi connectivity index (χ1n) is 9.07. The Morgan fingerprint density at radius 1 is 1.25 bits per heavy atom. The third-order valence-corrected chi connectivity index (χ3v) is 4.19. The number of aromatic amines is 1. The Morgan fingerprint density at radius 3 is 2.39 bits per heavy atom. The number of nitrogen functional groups attached to an aromatic ring is 1. The fourth-order valence-electron chi connectivity index (χ4n) is 2.85. The molecule has 3 N–H and O–H groups in total. The minimum Gasteiger partial charge on any atom is -0.383 e. The lowest BCUT2D eigenvalue weighted by atomic mass is 10.1. The SMILES string of the molecule is CCCCn1c(N)c(N(CC(C)C)C(=O)c2c(F)cccc2F)c(=O)[nH]c1=O. The standard InChI is InChI=1S/C19H24F2N4O3/c1-4-5-9-24-16(22)15(17(26)23-19(24)28)25(10-11(2)3)18(27)14-12(20)7-6-8-13(14)21/h6-8,11H,4-5,9-10,22H2,1-3H3,(H,23,26,28). The summed E-state index contributed by atoms with van der Waals surface area (Å²) in [5, 5.41) is 0. The van der Waals surface area contributed by atoms with Crippen LogP contribution in [0.25, 0.3) is 0 Å². The molecule has 2 rings (SSSR count). The summed E-state index contributed by atoms with van der Waals surface area (Å²) in [5.74, 6) is -3.50. The molecular weight excluding hydrogens is 370 g/mol. The number of anilines is 2. The Bertz CT molecular complexity index is 962. The molecule has 28 heavy (non-hydrogen) atoms. The van der Waals surface area contributed by atoms with E-state index in [0.717, 1.165) is 34.1 Å². The van der Waals surface area contributed by atoms with Crippen molar-refractivity contribution in [1.82, 2.24) is 9.55 Å². The molecule has 2 aromatic rings. The topological polar surface area (TPSA) is 101 Å². The third-order valence-electron chi connectivity index (χ3n) is 4.19. The van der Waals surface area contributed by atoms with Crippen molar-refractivity contribution < 1.29 is 13.6 Å². The van der Waals surface area contributed by atoms with Gasteiger partial charge in [-0.2, -0.15) is 0 Å². The summed E-state index contributed by atoms with van der Waals surface area (Å²) < 4.78 is 29.5.